The Morgan fingerprint density at radius 1 is 1.36 bits per heavy atom. The van der Waals surface area contributed by atoms with Gasteiger partial charge in [-0.3, -0.25) is 4.79 Å². The first kappa shape index (κ1) is 16.4. The molecule has 7 heteroatoms. The van der Waals surface area contributed by atoms with E-state index in [1.54, 1.807) is 19.1 Å². The third kappa shape index (κ3) is 3.62. The van der Waals surface area contributed by atoms with Gasteiger partial charge in [0.15, 0.2) is 0 Å². The zero-order chi connectivity index (χ0) is 16.3. The highest BCUT2D eigenvalue weighted by atomic mass is 35.5. The maximum Gasteiger partial charge on any atom is 0.245 e. The summed E-state index contributed by atoms with van der Waals surface area (Å²) in [7, 11) is 0. The second-order valence-electron chi connectivity index (χ2n) is 5.45. The first-order valence-corrected chi connectivity index (χ1v) is 7.37. The molecule has 1 N–H and O–H groups in total. The molecular formula is C15H18ClFN4O. The van der Waals surface area contributed by atoms with E-state index in [2.05, 4.69) is 15.4 Å². The number of benzene rings is 1. The van der Waals surface area contributed by atoms with Crippen molar-refractivity contribution in [2.24, 2.45) is 5.92 Å². The predicted molar refractivity (Wildman–Crippen MR) is 81.9 cm³/mol. The maximum atomic E-state index is 14.1. The Kier molecular flexibility index (Phi) is 5.13. The van der Waals surface area contributed by atoms with Crippen molar-refractivity contribution in [3.05, 3.63) is 47.3 Å². The molecule has 0 aliphatic carbocycles. The van der Waals surface area contributed by atoms with Crippen molar-refractivity contribution in [3.8, 4) is 0 Å². The molecule has 0 aliphatic rings. The van der Waals surface area contributed by atoms with Crippen LogP contribution in [0.25, 0.3) is 0 Å². The average Bonchev–Trinajstić information content (AvgIpc) is 2.98. The van der Waals surface area contributed by atoms with E-state index in [1.807, 2.05) is 13.8 Å². The van der Waals surface area contributed by atoms with Gasteiger partial charge in [-0.2, -0.15) is 5.10 Å². The standard InChI is InChI=1S/C15H18ClFN4O/c1-9(2)14(12-5-4-11(16)6-13(12)17)20-15(22)10(3)21-8-18-7-19-21/h4-10,14H,1-3H3,(H,20,22)/t10-,14-/m0/s1. The molecule has 118 valence electrons. The zero-order valence-corrected chi connectivity index (χ0v) is 13.4. The lowest BCUT2D eigenvalue weighted by molar-refractivity contribution is -0.125. The number of nitrogens with one attached hydrogen (secondary N) is 1. The second kappa shape index (κ2) is 6.87. The minimum Gasteiger partial charge on any atom is -0.347 e. The number of amides is 1. The van der Waals surface area contributed by atoms with Crippen molar-refractivity contribution in [1.82, 2.24) is 20.1 Å². The van der Waals surface area contributed by atoms with Crippen molar-refractivity contribution in [1.29, 1.82) is 0 Å². The van der Waals surface area contributed by atoms with Gasteiger partial charge in [-0.05, 0) is 25.0 Å². The molecule has 2 aromatic rings. The zero-order valence-electron chi connectivity index (χ0n) is 12.6. The molecule has 0 radical (unpaired) electrons. The molecule has 0 aliphatic heterocycles. The van der Waals surface area contributed by atoms with Crippen molar-refractivity contribution in [2.45, 2.75) is 32.9 Å². The van der Waals surface area contributed by atoms with Gasteiger partial charge in [0.2, 0.25) is 5.91 Å². The van der Waals surface area contributed by atoms with Gasteiger partial charge in [-0.1, -0.05) is 31.5 Å². The van der Waals surface area contributed by atoms with Crippen molar-refractivity contribution >= 4 is 17.5 Å². The monoisotopic (exact) mass is 324 g/mol. The summed E-state index contributed by atoms with van der Waals surface area (Å²) >= 11 is 5.78. The molecule has 0 spiro atoms. The molecule has 5 nitrogen and oxygen atoms in total. The van der Waals surface area contributed by atoms with E-state index in [9.17, 15) is 9.18 Å². The molecule has 0 unspecified atom stereocenters. The Morgan fingerprint density at radius 3 is 2.64 bits per heavy atom. The van der Waals surface area contributed by atoms with Gasteiger partial charge >= 0.3 is 0 Å². The SMILES string of the molecule is CC(C)[C@H](NC(=O)[C@H](C)n1cncn1)c1ccc(Cl)cc1F. The number of hydrogen-bond donors (Lipinski definition) is 1. The number of rotatable bonds is 5. The summed E-state index contributed by atoms with van der Waals surface area (Å²) in [5.41, 5.74) is 0.415. The number of carbonyl (C=O) groups excluding carboxylic acids is 1. The fourth-order valence-electron chi connectivity index (χ4n) is 2.17. The Bertz CT molecular complexity index is 645. The fraction of sp³-hybridized carbons (Fsp3) is 0.400. The minimum atomic E-state index is -0.529. The van der Waals surface area contributed by atoms with E-state index in [4.69, 9.17) is 11.6 Å². The van der Waals surface area contributed by atoms with Crippen LogP contribution in [0.5, 0.6) is 0 Å². The van der Waals surface area contributed by atoms with Crippen molar-refractivity contribution < 1.29 is 9.18 Å². The summed E-state index contributed by atoms with van der Waals surface area (Å²) in [6.07, 6.45) is 2.83. The highest BCUT2D eigenvalue weighted by molar-refractivity contribution is 6.30. The predicted octanol–water partition coefficient (Wildman–Crippen LogP) is 3.15. The van der Waals surface area contributed by atoms with Crippen LogP contribution >= 0.6 is 11.6 Å². The number of hydrogen-bond acceptors (Lipinski definition) is 3. The second-order valence-corrected chi connectivity index (χ2v) is 5.88. The van der Waals surface area contributed by atoms with Crippen molar-refractivity contribution in [2.75, 3.05) is 0 Å². The Balaban J connectivity index is 2.20. The highest BCUT2D eigenvalue weighted by Gasteiger charge is 2.25. The lowest BCUT2D eigenvalue weighted by Crippen LogP contribution is -2.37. The van der Waals surface area contributed by atoms with Gasteiger partial charge in [-0.25, -0.2) is 14.1 Å². The van der Waals surface area contributed by atoms with E-state index in [-0.39, 0.29) is 11.8 Å². The molecule has 22 heavy (non-hydrogen) atoms. The van der Waals surface area contributed by atoms with E-state index >= 15 is 0 Å². The van der Waals surface area contributed by atoms with Gasteiger partial charge in [0.05, 0.1) is 6.04 Å². The summed E-state index contributed by atoms with van der Waals surface area (Å²) in [5, 5.41) is 7.14. The molecule has 1 aromatic heterocycles. The van der Waals surface area contributed by atoms with Gasteiger partial charge in [0, 0.05) is 10.6 Å². The molecule has 0 bridgehead atoms. The minimum absolute atomic E-state index is 0.0163. The molecule has 0 fully saturated rings. The van der Waals surface area contributed by atoms with Crippen LogP contribution in [-0.4, -0.2) is 20.7 Å². The van der Waals surface area contributed by atoms with Crippen LogP contribution in [0.2, 0.25) is 5.02 Å². The van der Waals surface area contributed by atoms with Gasteiger partial charge < -0.3 is 5.32 Å². The number of carbonyl (C=O) groups is 1. The van der Waals surface area contributed by atoms with E-state index in [1.165, 1.54) is 23.4 Å². The van der Waals surface area contributed by atoms with Crippen LogP contribution in [0.1, 0.15) is 38.4 Å². The molecule has 1 heterocycles. The first-order valence-electron chi connectivity index (χ1n) is 6.99. The summed E-state index contributed by atoms with van der Waals surface area (Å²) in [4.78, 5) is 16.2. The lowest BCUT2D eigenvalue weighted by Gasteiger charge is -2.25. The summed E-state index contributed by atoms with van der Waals surface area (Å²) in [5.74, 6) is -0.666. The molecule has 2 atom stereocenters. The quantitative estimate of drug-likeness (QED) is 0.919. The van der Waals surface area contributed by atoms with Crippen molar-refractivity contribution in [3.63, 3.8) is 0 Å². The van der Waals surface area contributed by atoms with Crippen LogP contribution in [0, 0.1) is 11.7 Å². The average molecular weight is 325 g/mol. The molecule has 0 saturated heterocycles. The Hall–Kier alpha value is -1.95. The third-order valence-corrected chi connectivity index (χ3v) is 3.71. The normalized spacial score (nSPS) is 13.9. The van der Waals surface area contributed by atoms with E-state index in [0.717, 1.165) is 0 Å². The number of halogens is 2. The lowest BCUT2D eigenvalue weighted by atomic mass is 9.95. The van der Waals surface area contributed by atoms with Gasteiger partial charge in [0.1, 0.15) is 24.5 Å². The van der Waals surface area contributed by atoms with Gasteiger partial charge in [-0.15, -0.1) is 0 Å². The van der Waals surface area contributed by atoms with Gasteiger partial charge in [0.25, 0.3) is 0 Å². The molecule has 1 aromatic carbocycles. The summed E-state index contributed by atoms with van der Waals surface area (Å²) in [6, 6.07) is 3.49. The molecule has 1 amide bonds. The fourth-order valence-corrected chi connectivity index (χ4v) is 2.33. The summed E-state index contributed by atoms with van der Waals surface area (Å²) < 4.78 is 15.6. The highest BCUT2D eigenvalue weighted by Crippen LogP contribution is 2.26. The topological polar surface area (TPSA) is 59.8 Å². The Morgan fingerprint density at radius 2 is 2.09 bits per heavy atom. The van der Waals surface area contributed by atoms with Crippen LogP contribution < -0.4 is 5.32 Å². The van der Waals surface area contributed by atoms with Crippen LogP contribution in [-0.2, 0) is 4.79 Å². The Labute approximate surface area is 133 Å². The van der Waals surface area contributed by atoms with E-state index < -0.39 is 17.9 Å². The van der Waals surface area contributed by atoms with Crippen LogP contribution in [0.4, 0.5) is 4.39 Å². The molecule has 0 saturated carbocycles. The number of nitrogens with zero attached hydrogens (tertiary/aromatic N) is 3. The molecule has 2 rings (SSSR count). The van der Waals surface area contributed by atoms with Crippen LogP contribution in [0.15, 0.2) is 30.9 Å². The number of aromatic nitrogens is 3. The molecular weight excluding hydrogens is 307 g/mol. The maximum absolute atomic E-state index is 14.1. The van der Waals surface area contributed by atoms with Crippen LogP contribution in [0.3, 0.4) is 0 Å². The first-order chi connectivity index (χ1) is 10.4. The summed E-state index contributed by atoms with van der Waals surface area (Å²) in [6.45, 7) is 5.54. The smallest absolute Gasteiger partial charge is 0.245 e. The third-order valence-electron chi connectivity index (χ3n) is 3.47. The largest absolute Gasteiger partial charge is 0.347 e. The van der Waals surface area contributed by atoms with E-state index in [0.29, 0.717) is 10.6 Å².